The zero-order chi connectivity index (χ0) is 20.8. The second kappa shape index (κ2) is 7.51. The third-order valence-electron chi connectivity index (χ3n) is 4.97. The van der Waals surface area contributed by atoms with Crippen molar-refractivity contribution in [2.24, 2.45) is 0 Å². The number of nitrogens with one attached hydrogen (secondary N) is 1. The van der Waals surface area contributed by atoms with E-state index in [1.165, 1.54) is 0 Å². The lowest BCUT2D eigenvalue weighted by atomic mass is 10.1. The number of anilines is 1. The summed E-state index contributed by atoms with van der Waals surface area (Å²) in [5.41, 5.74) is 2.35. The smallest absolute Gasteiger partial charge is 0.241 e. The van der Waals surface area contributed by atoms with Crippen LogP contribution in [0.1, 0.15) is 12.1 Å². The van der Waals surface area contributed by atoms with Crippen LogP contribution in [0.3, 0.4) is 0 Å². The van der Waals surface area contributed by atoms with Gasteiger partial charge in [-0.3, -0.25) is 0 Å². The second-order valence-corrected chi connectivity index (χ2v) is 9.50. The minimum absolute atomic E-state index is 0.182. The van der Waals surface area contributed by atoms with E-state index in [-0.39, 0.29) is 19.0 Å². The van der Waals surface area contributed by atoms with Crippen LogP contribution in [-0.4, -0.2) is 63.9 Å². The average molecular weight is 439 g/mol. The van der Waals surface area contributed by atoms with Crippen LogP contribution in [0, 0.1) is 6.92 Å². The lowest BCUT2D eigenvalue weighted by Crippen LogP contribution is -2.49. The molecule has 1 saturated heterocycles. The summed E-state index contributed by atoms with van der Waals surface area (Å²) in [7, 11) is -3.41. The van der Waals surface area contributed by atoms with Gasteiger partial charge < -0.3 is 5.32 Å². The maximum atomic E-state index is 14.6. The Kier molecular flexibility index (Phi) is 5.18. The van der Waals surface area contributed by atoms with E-state index in [1.54, 1.807) is 22.8 Å². The van der Waals surface area contributed by atoms with Crippen molar-refractivity contribution in [2.75, 3.05) is 24.7 Å². The van der Waals surface area contributed by atoms with Gasteiger partial charge in [-0.1, -0.05) is 11.6 Å². The van der Waals surface area contributed by atoms with Gasteiger partial charge in [0.1, 0.15) is 11.7 Å². The van der Waals surface area contributed by atoms with Gasteiger partial charge >= 0.3 is 0 Å². The Hall–Kier alpha value is -2.30. The number of benzene rings is 1. The van der Waals surface area contributed by atoms with Gasteiger partial charge in [0, 0.05) is 23.7 Å². The van der Waals surface area contributed by atoms with Crippen LogP contribution in [-0.2, 0) is 10.0 Å². The van der Waals surface area contributed by atoms with Gasteiger partial charge in [-0.15, -0.1) is 5.10 Å². The first-order valence-electron chi connectivity index (χ1n) is 9.06. The van der Waals surface area contributed by atoms with Crippen LogP contribution in [0.25, 0.3) is 16.9 Å². The van der Waals surface area contributed by atoms with E-state index in [9.17, 15) is 12.8 Å². The molecule has 1 N–H and O–H groups in total. The Morgan fingerprint density at radius 3 is 2.66 bits per heavy atom. The molecule has 0 saturated carbocycles. The molecule has 1 aliphatic rings. The van der Waals surface area contributed by atoms with E-state index in [1.807, 2.05) is 19.1 Å². The molecule has 1 aliphatic heterocycles. The minimum atomic E-state index is -3.41. The van der Waals surface area contributed by atoms with Gasteiger partial charge in [0.05, 0.1) is 24.2 Å². The summed E-state index contributed by atoms with van der Waals surface area (Å²) < 4.78 is 40.6. The van der Waals surface area contributed by atoms with E-state index in [4.69, 9.17) is 11.6 Å². The first-order valence-corrected chi connectivity index (χ1v) is 11.3. The monoisotopic (exact) mass is 438 g/mol. The number of fused-ring (bicyclic) bond motifs is 1. The van der Waals surface area contributed by atoms with Crippen LogP contribution in [0.4, 0.5) is 10.3 Å². The number of rotatable bonds is 4. The fraction of sp³-hybridized carbons (Fsp3) is 0.389. The van der Waals surface area contributed by atoms with Crippen molar-refractivity contribution >= 4 is 33.1 Å². The predicted molar refractivity (Wildman–Crippen MR) is 109 cm³/mol. The zero-order valence-corrected chi connectivity index (χ0v) is 17.5. The molecule has 3 aromatic rings. The highest BCUT2D eigenvalue weighted by Crippen LogP contribution is 2.24. The molecule has 4 rings (SSSR count). The topological polar surface area (TPSA) is 92.5 Å². The Labute approximate surface area is 172 Å². The van der Waals surface area contributed by atoms with Crippen molar-refractivity contribution in [2.45, 2.75) is 25.6 Å². The summed E-state index contributed by atoms with van der Waals surface area (Å²) in [6.07, 6.45) is 1.68. The van der Waals surface area contributed by atoms with Crippen molar-refractivity contribution in [3.05, 3.63) is 41.2 Å². The quantitative estimate of drug-likeness (QED) is 0.673. The third kappa shape index (κ3) is 4.05. The third-order valence-corrected chi connectivity index (χ3v) is 6.49. The van der Waals surface area contributed by atoms with Gasteiger partial charge in [0.25, 0.3) is 0 Å². The molecule has 3 heterocycles. The molecule has 1 aromatic carbocycles. The Morgan fingerprint density at radius 2 is 2.00 bits per heavy atom. The number of hydrogen-bond donors (Lipinski definition) is 1. The summed E-state index contributed by atoms with van der Waals surface area (Å²) in [5.74, 6) is 0.883. The lowest BCUT2D eigenvalue weighted by molar-refractivity contribution is 0.186. The largest absolute Gasteiger partial charge is 0.347 e. The van der Waals surface area contributed by atoms with Crippen LogP contribution in [0.5, 0.6) is 0 Å². The number of aryl methyl sites for hydroxylation is 1. The molecular weight excluding hydrogens is 419 g/mol. The Morgan fingerprint density at radius 1 is 1.28 bits per heavy atom. The minimum Gasteiger partial charge on any atom is -0.347 e. The van der Waals surface area contributed by atoms with Gasteiger partial charge in [-0.05, 0) is 37.6 Å². The number of alkyl halides is 1. The van der Waals surface area contributed by atoms with Crippen molar-refractivity contribution in [3.8, 4) is 11.4 Å². The Balaban J connectivity index is 1.61. The number of piperidine rings is 1. The zero-order valence-electron chi connectivity index (χ0n) is 15.9. The number of imidazole rings is 1. The standard InChI is InChI=1S/C18H20ClFN6O2S/c1-11-16-9-21-18(23-15-7-8-25(10-14(15)20)29(2,27)28)24-26(16)17(22-11)12-3-5-13(19)6-4-12/h3-6,9,14-15H,7-8,10H2,1-2H3,(H,23,24)/t14-,15-/m1/s1. The molecule has 8 nitrogen and oxygen atoms in total. The fourth-order valence-electron chi connectivity index (χ4n) is 3.38. The van der Waals surface area contributed by atoms with E-state index < -0.39 is 22.2 Å². The molecule has 29 heavy (non-hydrogen) atoms. The van der Waals surface area contributed by atoms with Gasteiger partial charge in [-0.2, -0.15) is 4.31 Å². The first kappa shape index (κ1) is 20.0. The van der Waals surface area contributed by atoms with Gasteiger partial charge in [0.15, 0.2) is 5.82 Å². The number of nitrogens with zero attached hydrogens (tertiary/aromatic N) is 5. The van der Waals surface area contributed by atoms with Gasteiger partial charge in [0.2, 0.25) is 16.0 Å². The van der Waals surface area contributed by atoms with Crippen molar-refractivity contribution in [1.82, 2.24) is 23.9 Å². The van der Waals surface area contributed by atoms with E-state index >= 15 is 0 Å². The molecule has 2 aromatic heterocycles. The number of aromatic nitrogens is 4. The summed E-state index contributed by atoms with van der Waals surface area (Å²) in [6, 6.07) is 6.68. The van der Waals surface area contributed by atoms with Gasteiger partial charge in [-0.25, -0.2) is 27.3 Å². The molecule has 0 radical (unpaired) electrons. The number of sulfonamides is 1. The summed E-state index contributed by atoms with van der Waals surface area (Å²) in [4.78, 5) is 8.85. The first-order chi connectivity index (χ1) is 13.7. The molecule has 2 atom stereocenters. The maximum absolute atomic E-state index is 14.6. The average Bonchev–Trinajstić information content (AvgIpc) is 2.99. The van der Waals surface area contributed by atoms with E-state index in [0.717, 1.165) is 27.3 Å². The molecule has 0 amide bonds. The predicted octanol–water partition coefficient (Wildman–Crippen LogP) is 2.54. The SMILES string of the molecule is Cc1nc(-c2ccc(Cl)cc2)n2nc(N[C@@H]3CCN(S(C)(=O)=O)C[C@H]3F)ncc12. The molecule has 0 spiro atoms. The summed E-state index contributed by atoms with van der Waals surface area (Å²) >= 11 is 5.97. The van der Waals surface area contributed by atoms with Crippen LogP contribution >= 0.6 is 11.6 Å². The highest BCUT2D eigenvalue weighted by Gasteiger charge is 2.33. The van der Waals surface area contributed by atoms with Crippen molar-refractivity contribution in [1.29, 1.82) is 0 Å². The van der Waals surface area contributed by atoms with Crippen LogP contribution < -0.4 is 5.32 Å². The molecule has 0 bridgehead atoms. The molecule has 1 fully saturated rings. The van der Waals surface area contributed by atoms with E-state index in [0.29, 0.717) is 17.3 Å². The van der Waals surface area contributed by atoms with E-state index in [2.05, 4.69) is 20.4 Å². The van der Waals surface area contributed by atoms with Crippen molar-refractivity contribution in [3.63, 3.8) is 0 Å². The normalized spacial score (nSPS) is 20.8. The molecule has 11 heteroatoms. The Bertz CT molecular complexity index is 1150. The number of hydrogen-bond acceptors (Lipinski definition) is 6. The second-order valence-electron chi connectivity index (χ2n) is 7.08. The molecule has 154 valence electrons. The number of halogens is 2. The van der Waals surface area contributed by atoms with Crippen LogP contribution in [0.2, 0.25) is 5.02 Å². The molecule has 0 aliphatic carbocycles. The molecular formula is C18H20ClFN6O2S. The maximum Gasteiger partial charge on any atom is 0.241 e. The highest BCUT2D eigenvalue weighted by atomic mass is 35.5. The molecule has 0 unspecified atom stereocenters. The van der Waals surface area contributed by atoms with Crippen LogP contribution in [0.15, 0.2) is 30.5 Å². The summed E-state index contributed by atoms with van der Waals surface area (Å²) in [6.45, 7) is 1.93. The highest BCUT2D eigenvalue weighted by molar-refractivity contribution is 7.88. The fourth-order valence-corrected chi connectivity index (χ4v) is 4.36. The lowest BCUT2D eigenvalue weighted by Gasteiger charge is -2.33. The van der Waals surface area contributed by atoms with Crippen molar-refractivity contribution < 1.29 is 12.8 Å². The summed E-state index contributed by atoms with van der Waals surface area (Å²) in [5, 5.41) is 8.12.